The van der Waals surface area contributed by atoms with Gasteiger partial charge in [-0.05, 0) is 73.0 Å². The molecule has 0 atom stereocenters. The number of ether oxygens (including phenoxy) is 1. The van der Waals surface area contributed by atoms with E-state index < -0.39 is 0 Å². The normalized spacial score (nSPS) is 14.1. The Bertz CT molecular complexity index is 1410. The van der Waals surface area contributed by atoms with E-state index in [1.54, 1.807) is 10.9 Å². The fourth-order valence-corrected chi connectivity index (χ4v) is 4.53. The molecule has 2 N–H and O–H groups in total. The van der Waals surface area contributed by atoms with Gasteiger partial charge in [0, 0.05) is 31.4 Å². The van der Waals surface area contributed by atoms with Crippen molar-refractivity contribution >= 4 is 23.2 Å². The van der Waals surface area contributed by atoms with E-state index in [2.05, 4.69) is 45.0 Å². The lowest BCUT2D eigenvalue weighted by atomic mass is 10.0. The molecule has 3 aromatic carbocycles. The van der Waals surface area contributed by atoms with Crippen LogP contribution < -0.4 is 15.4 Å². The van der Waals surface area contributed by atoms with Gasteiger partial charge in [0.1, 0.15) is 11.9 Å². The van der Waals surface area contributed by atoms with Gasteiger partial charge in [0.15, 0.2) is 5.69 Å². The summed E-state index contributed by atoms with van der Waals surface area (Å²) in [7, 11) is 2.15. The molecule has 0 saturated carbocycles. The summed E-state index contributed by atoms with van der Waals surface area (Å²) in [6.45, 7) is 4.06. The molecule has 9 heteroatoms. The van der Waals surface area contributed by atoms with Crippen LogP contribution >= 0.6 is 0 Å². The van der Waals surface area contributed by atoms with Gasteiger partial charge >= 0.3 is 0 Å². The number of benzene rings is 3. The van der Waals surface area contributed by atoms with Gasteiger partial charge in [-0.15, -0.1) is 5.10 Å². The molecule has 1 aliphatic rings. The van der Waals surface area contributed by atoms with E-state index in [4.69, 9.17) is 4.74 Å². The third kappa shape index (κ3) is 7.08. The zero-order valence-corrected chi connectivity index (χ0v) is 22.1. The van der Waals surface area contributed by atoms with Crippen LogP contribution in [0.15, 0.2) is 79.0 Å². The molecule has 9 nitrogen and oxygen atoms in total. The van der Waals surface area contributed by atoms with Crippen molar-refractivity contribution < 1.29 is 14.3 Å². The van der Waals surface area contributed by atoms with E-state index >= 15 is 0 Å². The minimum Gasteiger partial charge on any atom is -0.490 e. The molecule has 200 valence electrons. The first-order valence-electron chi connectivity index (χ1n) is 13.0. The predicted octanol–water partition coefficient (Wildman–Crippen LogP) is 4.68. The van der Waals surface area contributed by atoms with E-state index in [0.717, 1.165) is 54.1 Å². The van der Waals surface area contributed by atoms with Crippen LogP contribution in [0.1, 0.15) is 35.8 Å². The number of likely N-dealkylation sites (tertiary alicyclic amines) is 1. The Morgan fingerprint density at radius 2 is 1.46 bits per heavy atom. The second-order valence-corrected chi connectivity index (χ2v) is 9.86. The topological polar surface area (TPSA) is 101 Å². The molecule has 1 aromatic heterocycles. The average molecular weight is 525 g/mol. The molecule has 0 bridgehead atoms. The van der Waals surface area contributed by atoms with Crippen LogP contribution in [0.5, 0.6) is 5.75 Å². The third-order valence-electron chi connectivity index (χ3n) is 6.69. The van der Waals surface area contributed by atoms with Gasteiger partial charge in [-0.25, -0.2) is 4.68 Å². The smallest absolute Gasteiger partial charge is 0.277 e. The van der Waals surface area contributed by atoms with Crippen molar-refractivity contribution in [2.24, 2.45) is 0 Å². The van der Waals surface area contributed by atoms with Crippen LogP contribution in [0.25, 0.3) is 11.1 Å². The monoisotopic (exact) mass is 524 g/mol. The van der Waals surface area contributed by atoms with Crippen molar-refractivity contribution in [3.05, 3.63) is 90.3 Å². The maximum atomic E-state index is 12.7. The summed E-state index contributed by atoms with van der Waals surface area (Å²) in [6, 6.07) is 23.3. The molecular weight excluding hydrogens is 492 g/mol. The van der Waals surface area contributed by atoms with Gasteiger partial charge in [-0.1, -0.05) is 41.6 Å². The molecule has 1 fully saturated rings. The van der Waals surface area contributed by atoms with Crippen LogP contribution in [-0.2, 0) is 11.3 Å². The molecule has 0 aliphatic carbocycles. The number of amides is 2. The largest absolute Gasteiger partial charge is 0.490 e. The summed E-state index contributed by atoms with van der Waals surface area (Å²) < 4.78 is 7.75. The van der Waals surface area contributed by atoms with Crippen LogP contribution in [0.4, 0.5) is 11.4 Å². The molecule has 1 saturated heterocycles. The highest BCUT2D eigenvalue weighted by atomic mass is 16.5. The molecular formula is C30H32N6O3. The highest BCUT2D eigenvalue weighted by Crippen LogP contribution is 2.26. The summed E-state index contributed by atoms with van der Waals surface area (Å²) in [5.41, 5.74) is 4.73. The van der Waals surface area contributed by atoms with Gasteiger partial charge in [-0.3, -0.25) is 9.59 Å². The average Bonchev–Trinajstić information content (AvgIpc) is 3.40. The number of rotatable bonds is 8. The molecule has 0 unspecified atom stereocenters. The van der Waals surface area contributed by atoms with Gasteiger partial charge in [0.2, 0.25) is 5.91 Å². The SMILES string of the molecule is CC(=O)Nc1ccc(Cn2cc(C(=O)Nc3ccc(-c4ccc(OC5CCN(C)CC5)cc4)cc3)nn2)cc1. The van der Waals surface area contributed by atoms with Crippen LogP contribution in [0.3, 0.4) is 0 Å². The van der Waals surface area contributed by atoms with E-state index in [9.17, 15) is 9.59 Å². The minimum atomic E-state index is -0.328. The number of nitrogens with zero attached hydrogens (tertiary/aromatic N) is 4. The second kappa shape index (κ2) is 11.9. The molecule has 39 heavy (non-hydrogen) atoms. The minimum absolute atomic E-state index is 0.119. The Morgan fingerprint density at radius 3 is 2.10 bits per heavy atom. The highest BCUT2D eigenvalue weighted by molar-refractivity contribution is 6.02. The summed E-state index contributed by atoms with van der Waals surface area (Å²) >= 11 is 0. The van der Waals surface area contributed by atoms with Gasteiger partial charge in [-0.2, -0.15) is 0 Å². The van der Waals surface area contributed by atoms with Crippen molar-refractivity contribution in [3.63, 3.8) is 0 Å². The molecule has 5 rings (SSSR count). The lowest BCUT2D eigenvalue weighted by molar-refractivity contribution is -0.114. The lowest BCUT2D eigenvalue weighted by Gasteiger charge is -2.29. The third-order valence-corrected chi connectivity index (χ3v) is 6.69. The Balaban J connectivity index is 1.14. The number of hydrogen-bond donors (Lipinski definition) is 2. The Hall–Kier alpha value is -4.50. The van der Waals surface area contributed by atoms with Crippen molar-refractivity contribution in [2.75, 3.05) is 30.8 Å². The number of piperidine rings is 1. The Kier molecular flexibility index (Phi) is 7.98. The number of carbonyl (C=O) groups is 2. The van der Waals surface area contributed by atoms with Crippen molar-refractivity contribution in [2.45, 2.75) is 32.4 Å². The molecule has 4 aromatic rings. The number of hydrogen-bond acceptors (Lipinski definition) is 6. The van der Waals surface area contributed by atoms with E-state index in [1.165, 1.54) is 6.92 Å². The first-order chi connectivity index (χ1) is 18.9. The summed E-state index contributed by atoms with van der Waals surface area (Å²) in [6.07, 6.45) is 3.99. The van der Waals surface area contributed by atoms with Gasteiger partial charge < -0.3 is 20.3 Å². The van der Waals surface area contributed by atoms with Crippen molar-refractivity contribution in [3.8, 4) is 16.9 Å². The summed E-state index contributed by atoms with van der Waals surface area (Å²) in [4.78, 5) is 26.2. The molecule has 2 heterocycles. The van der Waals surface area contributed by atoms with Crippen molar-refractivity contribution in [1.82, 2.24) is 19.9 Å². The zero-order chi connectivity index (χ0) is 27.2. The zero-order valence-electron chi connectivity index (χ0n) is 22.1. The summed E-state index contributed by atoms with van der Waals surface area (Å²) in [5, 5.41) is 13.7. The molecule has 2 amide bonds. The fraction of sp³-hybridized carbons (Fsp3) is 0.267. The Morgan fingerprint density at radius 1 is 0.872 bits per heavy atom. The lowest BCUT2D eigenvalue weighted by Crippen LogP contribution is -2.35. The van der Waals surface area contributed by atoms with E-state index in [1.807, 2.05) is 60.7 Å². The maximum Gasteiger partial charge on any atom is 0.277 e. The van der Waals surface area contributed by atoms with E-state index in [-0.39, 0.29) is 23.6 Å². The first kappa shape index (κ1) is 26.1. The number of anilines is 2. The second-order valence-electron chi connectivity index (χ2n) is 9.86. The van der Waals surface area contributed by atoms with Crippen molar-refractivity contribution in [1.29, 1.82) is 0 Å². The Labute approximate surface area is 227 Å². The van der Waals surface area contributed by atoms with Crippen LogP contribution in [0, 0.1) is 0 Å². The highest BCUT2D eigenvalue weighted by Gasteiger charge is 2.18. The molecule has 1 aliphatic heterocycles. The molecule has 0 radical (unpaired) electrons. The number of carbonyl (C=O) groups excluding carboxylic acids is 2. The number of nitrogens with one attached hydrogen (secondary N) is 2. The first-order valence-corrected chi connectivity index (χ1v) is 13.0. The maximum absolute atomic E-state index is 12.7. The van der Waals surface area contributed by atoms with Crippen LogP contribution in [-0.4, -0.2) is 57.9 Å². The quantitative estimate of drug-likeness (QED) is 0.347. The van der Waals surface area contributed by atoms with Gasteiger partial charge in [0.05, 0.1) is 12.7 Å². The molecule has 0 spiro atoms. The fourth-order valence-electron chi connectivity index (χ4n) is 4.53. The number of aromatic nitrogens is 3. The van der Waals surface area contributed by atoms with Crippen LogP contribution in [0.2, 0.25) is 0 Å². The standard InChI is InChI=1S/C30H32N6O3/c1-21(37)31-25-9-3-22(4-10-25)19-36-20-29(33-34-36)30(38)32-26-11-5-23(6-12-26)24-7-13-27(14-8-24)39-28-15-17-35(2)18-16-28/h3-14,20,28H,15-19H2,1-2H3,(H,31,37)(H,32,38). The van der Waals surface area contributed by atoms with E-state index in [0.29, 0.717) is 12.2 Å². The summed E-state index contributed by atoms with van der Waals surface area (Å²) in [5.74, 6) is 0.449. The predicted molar refractivity (Wildman–Crippen MR) is 151 cm³/mol. The van der Waals surface area contributed by atoms with Gasteiger partial charge in [0.25, 0.3) is 5.91 Å².